The molecular formula is C6H18N4. The lowest BCUT2D eigenvalue weighted by molar-refractivity contribution is 0.505. The average Bonchev–Trinajstić information content (AvgIpc) is 1.87. The second-order valence-electron chi connectivity index (χ2n) is 2.56. The van der Waals surface area contributed by atoms with Gasteiger partial charge in [-0.25, -0.2) is 0 Å². The molecule has 7 N–H and O–H groups in total. The van der Waals surface area contributed by atoms with E-state index in [4.69, 9.17) is 17.2 Å². The first-order valence-electron chi connectivity index (χ1n) is 3.61. The van der Waals surface area contributed by atoms with Crippen LogP contribution in [0.1, 0.15) is 13.3 Å². The molecule has 0 aliphatic heterocycles. The third kappa shape index (κ3) is 5.97. The van der Waals surface area contributed by atoms with Crippen molar-refractivity contribution >= 4 is 0 Å². The van der Waals surface area contributed by atoms with E-state index in [1.165, 1.54) is 0 Å². The van der Waals surface area contributed by atoms with Gasteiger partial charge in [-0.05, 0) is 19.9 Å². The molecular weight excluding hydrogens is 128 g/mol. The van der Waals surface area contributed by atoms with Crippen molar-refractivity contribution in [2.24, 2.45) is 17.2 Å². The molecule has 0 saturated heterocycles. The molecule has 0 aliphatic rings. The Labute approximate surface area is 62.1 Å². The second kappa shape index (κ2) is 5.61. The molecule has 0 spiro atoms. The molecule has 0 aromatic heterocycles. The van der Waals surface area contributed by atoms with E-state index in [0.29, 0.717) is 6.54 Å². The fraction of sp³-hybridized carbons (Fsp3) is 1.00. The summed E-state index contributed by atoms with van der Waals surface area (Å²) in [4.78, 5) is 0. The zero-order chi connectivity index (χ0) is 7.98. The highest BCUT2D eigenvalue weighted by atomic mass is 15.0. The number of nitrogens with two attached hydrogens (primary N) is 3. The van der Waals surface area contributed by atoms with E-state index in [-0.39, 0.29) is 12.2 Å². The number of rotatable bonds is 5. The minimum Gasteiger partial charge on any atom is -0.328 e. The molecule has 0 rings (SSSR count). The summed E-state index contributed by atoms with van der Waals surface area (Å²) >= 11 is 0. The van der Waals surface area contributed by atoms with Gasteiger partial charge in [0.05, 0.1) is 6.17 Å². The summed E-state index contributed by atoms with van der Waals surface area (Å²) in [6.07, 6.45) is 0.854. The Hall–Kier alpha value is -0.160. The maximum atomic E-state index is 5.51. The van der Waals surface area contributed by atoms with Crippen LogP contribution in [0.3, 0.4) is 0 Å². The Morgan fingerprint density at radius 2 is 2.00 bits per heavy atom. The quantitative estimate of drug-likeness (QED) is 0.357. The molecule has 4 heteroatoms. The number of nitrogens with one attached hydrogen (secondary N) is 1. The van der Waals surface area contributed by atoms with Crippen molar-refractivity contribution in [3.63, 3.8) is 0 Å². The Kier molecular flexibility index (Phi) is 5.52. The predicted molar refractivity (Wildman–Crippen MR) is 43.3 cm³/mol. The molecule has 0 fully saturated rings. The van der Waals surface area contributed by atoms with E-state index in [0.717, 1.165) is 13.0 Å². The van der Waals surface area contributed by atoms with Gasteiger partial charge in [0.2, 0.25) is 0 Å². The highest BCUT2D eigenvalue weighted by Crippen LogP contribution is 1.81. The lowest BCUT2D eigenvalue weighted by Gasteiger charge is -2.11. The monoisotopic (exact) mass is 146 g/mol. The molecule has 0 heterocycles. The number of hydrogen-bond donors (Lipinski definition) is 4. The van der Waals surface area contributed by atoms with Crippen LogP contribution in [0, 0.1) is 0 Å². The van der Waals surface area contributed by atoms with Crippen molar-refractivity contribution in [1.82, 2.24) is 5.32 Å². The highest BCUT2D eigenvalue weighted by Gasteiger charge is 1.97. The first kappa shape index (κ1) is 9.84. The first-order chi connectivity index (χ1) is 4.66. The Morgan fingerprint density at radius 3 is 2.40 bits per heavy atom. The molecule has 62 valence electrons. The zero-order valence-corrected chi connectivity index (χ0v) is 6.51. The molecule has 0 aliphatic carbocycles. The van der Waals surface area contributed by atoms with Crippen molar-refractivity contribution in [2.75, 3.05) is 13.1 Å². The van der Waals surface area contributed by atoms with Gasteiger partial charge in [-0.1, -0.05) is 0 Å². The van der Waals surface area contributed by atoms with Gasteiger partial charge in [-0.2, -0.15) is 0 Å². The van der Waals surface area contributed by atoms with Crippen molar-refractivity contribution in [2.45, 2.75) is 25.6 Å². The summed E-state index contributed by atoms with van der Waals surface area (Å²) in [5.74, 6) is 0. The molecule has 0 aromatic rings. The highest BCUT2D eigenvalue weighted by molar-refractivity contribution is 4.61. The van der Waals surface area contributed by atoms with Crippen molar-refractivity contribution < 1.29 is 0 Å². The zero-order valence-electron chi connectivity index (χ0n) is 6.51. The van der Waals surface area contributed by atoms with Crippen LogP contribution >= 0.6 is 0 Å². The van der Waals surface area contributed by atoms with E-state index in [9.17, 15) is 0 Å². The molecule has 2 atom stereocenters. The number of hydrogen-bond acceptors (Lipinski definition) is 4. The van der Waals surface area contributed by atoms with Gasteiger partial charge in [-0.15, -0.1) is 0 Å². The van der Waals surface area contributed by atoms with E-state index in [1.807, 2.05) is 6.92 Å². The Balaban J connectivity index is 3.03. The summed E-state index contributed by atoms with van der Waals surface area (Å²) in [5.41, 5.74) is 16.3. The lowest BCUT2D eigenvalue weighted by Crippen LogP contribution is -2.44. The van der Waals surface area contributed by atoms with Crippen molar-refractivity contribution in [3.8, 4) is 0 Å². The van der Waals surface area contributed by atoms with Gasteiger partial charge in [0.1, 0.15) is 0 Å². The Morgan fingerprint density at radius 1 is 1.40 bits per heavy atom. The standard InChI is InChI=1S/C6H18N4/c1-5(8)2-3-10-6(9)4-7/h5-6,10H,2-4,7-9H2,1H3. The smallest absolute Gasteiger partial charge is 0.0672 e. The van der Waals surface area contributed by atoms with Crippen LogP contribution in [0.4, 0.5) is 0 Å². The first-order valence-corrected chi connectivity index (χ1v) is 3.61. The van der Waals surface area contributed by atoms with E-state index < -0.39 is 0 Å². The molecule has 0 amide bonds. The fourth-order valence-electron chi connectivity index (χ4n) is 0.580. The molecule has 0 radical (unpaired) electrons. The third-order valence-corrected chi connectivity index (χ3v) is 1.26. The van der Waals surface area contributed by atoms with Gasteiger partial charge >= 0.3 is 0 Å². The van der Waals surface area contributed by atoms with Crippen LogP contribution in [-0.2, 0) is 0 Å². The molecule has 0 aromatic carbocycles. The van der Waals surface area contributed by atoms with Crippen LogP contribution < -0.4 is 22.5 Å². The van der Waals surface area contributed by atoms with E-state index >= 15 is 0 Å². The molecule has 10 heavy (non-hydrogen) atoms. The summed E-state index contributed by atoms with van der Waals surface area (Å²) in [6.45, 7) is 3.28. The lowest BCUT2D eigenvalue weighted by atomic mass is 10.2. The SMILES string of the molecule is CC(N)CCNC(N)CN. The molecule has 0 bridgehead atoms. The predicted octanol–water partition coefficient (Wildman–Crippen LogP) is -1.44. The summed E-state index contributed by atoms with van der Waals surface area (Å²) in [7, 11) is 0. The minimum atomic E-state index is -0.0845. The summed E-state index contributed by atoms with van der Waals surface area (Å²) < 4.78 is 0. The topological polar surface area (TPSA) is 90.1 Å². The minimum absolute atomic E-state index is 0.0845. The Bertz CT molecular complexity index is 74.1. The van der Waals surface area contributed by atoms with Crippen LogP contribution in [-0.4, -0.2) is 25.3 Å². The third-order valence-electron chi connectivity index (χ3n) is 1.26. The van der Waals surface area contributed by atoms with Crippen LogP contribution in [0.25, 0.3) is 0 Å². The molecule has 0 saturated carbocycles. The van der Waals surface area contributed by atoms with Crippen molar-refractivity contribution in [3.05, 3.63) is 0 Å². The maximum Gasteiger partial charge on any atom is 0.0672 e. The van der Waals surface area contributed by atoms with Gasteiger partial charge in [0, 0.05) is 12.6 Å². The van der Waals surface area contributed by atoms with Gasteiger partial charge in [0.25, 0.3) is 0 Å². The molecule has 2 unspecified atom stereocenters. The summed E-state index contributed by atoms with van der Waals surface area (Å²) in [5, 5.41) is 3.04. The van der Waals surface area contributed by atoms with Gasteiger partial charge in [-0.3, -0.25) is 0 Å². The second-order valence-corrected chi connectivity index (χ2v) is 2.56. The largest absolute Gasteiger partial charge is 0.328 e. The van der Waals surface area contributed by atoms with Crippen molar-refractivity contribution in [1.29, 1.82) is 0 Å². The van der Waals surface area contributed by atoms with Crippen LogP contribution in [0.15, 0.2) is 0 Å². The fourth-order valence-corrected chi connectivity index (χ4v) is 0.580. The van der Waals surface area contributed by atoms with Crippen LogP contribution in [0.5, 0.6) is 0 Å². The summed E-state index contributed by atoms with van der Waals surface area (Å²) in [6, 6.07) is 0.234. The van der Waals surface area contributed by atoms with E-state index in [2.05, 4.69) is 5.32 Å². The van der Waals surface area contributed by atoms with Gasteiger partial charge < -0.3 is 22.5 Å². The average molecular weight is 146 g/mol. The van der Waals surface area contributed by atoms with Crippen LogP contribution in [0.2, 0.25) is 0 Å². The normalized spacial score (nSPS) is 16.8. The molecule has 4 nitrogen and oxygen atoms in total. The maximum absolute atomic E-state index is 5.51. The van der Waals surface area contributed by atoms with E-state index in [1.54, 1.807) is 0 Å². The van der Waals surface area contributed by atoms with Gasteiger partial charge in [0.15, 0.2) is 0 Å².